The lowest BCUT2D eigenvalue weighted by atomic mass is 10.1. The molecule has 0 bridgehead atoms. The fraction of sp³-hybridized carbons (Fsp3) is 0.300. The maximum atomic E-state index is 13.4. The minimum atomic E-state index is -0.310. The van der Waals surface area contributed by atoms with Crippen LogP contribution in [-0.2, 0) is 0 Å². The van der Waals surface area contributed by atoms with Crippen molar-refractivity contribution in [2.24, 2.45) is 10.8 Å². The topological polar surface area (TPSA) is 50.4 Å². The molecule has 0 atom stereocenters. The van der Waals surface area contributed by atoms with Gasteiger partial charge in [-0.15, -0.1) is 0 Å². The van der Waals surface area contributed by atoms with E-state index >= 15 is 0 Å². The van der Waals surface area contributed by atoms with Gasteiger partial charge in [-0.3, -0.25) is 4.99 Å². The summed E-state index contributed by atoms with van der Waals surface area (Å²) in [5.74, 6) is 5.32. The van der Waals surface area contributed by atoms with Gasteiger partial charge in [0.1, 0.15) is 11.7 Å². The van der Waals surface area contributed by atoms with Crippen molar-refractivity contribution in [2.45, 2.75) is 13.8 Å². The minimum absolute atomic E-state index is 0.310. The smallest absolute Gasteiger partial charge is 0.145 e. The van der Waals surface area contributed by atoms with Crippen LogP contribution in [0.15, 0.2) is 23.2 Å². The van der Waals surface area contributed by atoms with Crippen LogP contribution in [0, 0.1) is 12.7 Å². The molecule has 0 heterocycles. The Morgan fingerprint density at radius 3 is 2.79 bits per heavy atom. The number of rotatable bonds is 2. The Kier molecular flexibility index (Phi) is 3.59. The largest absolute Gasteiger partial charge is 0.308 e. The van der Waals surface area contributed by atoms with Gasteiger partial charge < -0.3 is 5.43 Å². The standard InChI is InChI=1S/C10H14FN3/c1-3-13-10(14-12)8-5-4-7(2)6-9(8)11/h4-6H,3,12H2,1-2H3,(H,13,14). The van der Waals surface area contributed by atoms with Gasteiger partial charge in [0.15, 0.2) is 0 Å². The van der Waals surface area contributed by atoms with Crippen LogP contribution in [0.5, 0.6) is 0 Å². The fourth-order valence-corrected chi connectivity index (χ4v) is 1.18. The Labute approximate surface area is 82.8 Å². The second-order valence-corrected chi connectivity index (χ2v) is 2.95. The Hall–Kier alpha value is -1.42. The summed E-state index contributed by atoms with van der Waals surface area (Å²) in [6.45, 7) is 4.26. The number of amidine groups is 1. The molecule has 1 rings (SSSR count). The average Bonchev–Trinajstić information content (AvgIpc) is 2.15. The van der Waals surface area contributed by atoms with Crippen molar-refractivity contribution in [1.82, 2.24) is 5.43 Å². The van der Waals surface area contributed by atoms with Crippen molar-refractivity contribution in [3.8, 4) is 0 Å². The fourth-order valence-electron chi connectivity index (χ4n) is 1.18. The first-order valence-corrected chi connectivity index (χ1v) is 4.46. The van der Waals surface area contributed by atoms with Crippen molar-refractivity contribution >= 4 is 5.84 Å². The van der Waals surface area contributed by atoms with Crippen LogP contribution in [0.1, 0.15) is 18.1 Å². The van der Waals surface area contributed by atoms with Crippen LogP contribution in [0.2, 0.25) is 0 Å². The third kappa shape index (κ3) is 2.29. The Balaban J connectivity index is 3.11. The maximum Gasteiger partial charge on any atom is 0.145 e. The van der Waals surface area contributed by atoms with E-state index in [0.717, 1.165) is 5.56 Å². The number of nitrogens with two attached hydrogens (primary N) is 1. The Morgan fingerprint density at radius 2 is 2.29 bits per heavy atom. The van der Waals surface area contributed by atoms with Crippen LogP contribution in [0.3, 0.4) is 0 Å². The highest BCUT2D eigenvalue weighted by Crippen LogP contribution is 2.09. The molecule has 0 amide bonds. The van der Waals surface area contributed by atoms with Gasteiger partial charge >= 0.3 is 0 Å². The molecule has 0 spiro atoms. The van der Waals surface area contributed by atoms with Crippen molar-refractivity contribution in [3.05, 3.63) is 35.1 Å². The molecule has 0 radical (unpaired) electrons. The highest BCUT2D eigenvalue weighted by Gasteiger charge is 2.07. The zero-order chi connectivity index (χ0) is 10.6. The van der Waals surface area contributed by atoms with Gasteiger partial charge in [-0.1, -0.05) is 6.07 Å². The van der Waals surface area contributed by atoms with Crippen LogP contribution in [0.4, 0.5) is 4.39 Å². The van der Waals surface area contributed by atoms with Gasteiger partial charge in [0.05, 0.1) is 5.56 Å². The van der Waals surface area contributed by atoms with Gasteiger partial charge in [-0.05, 0) is 31.5 Å². The number of aliphatic imine (C=N–C) groups is 1. The molecular weight excluding hydrogens is 181 g/mol. The minimum Gasteiger partial charge on any atom is -0.308 e. The first kappa shape index (κ1) is 10.7. The molecule has 0 saturated carbocycles. The van der Waals surface area contributed by atoms with Crippen LogP contribution < -0.4 is 11.3 Å². The predicted octanol–water partition coefficient (Wildman–Crippen LogP) is 1.36. The van der Waals surface area contributed by atoms with E-state index in [4.69, 9.17) is 5.84 Å². The number of nitrogens with one attached hydrogen (secondary N) is 1. The van der Waals surface area contributed by atoms with E-state index in [1.165, 1.54) is 6.07 Å². The van der Waals surface area contributed by atoms with E-state index in [0.29, 0.717) is 17.9 Å². The highest BCUT2D eigenvalue weighted by atomic mass is 19.1. The van der Waals surface area contributed by atoms with Crippen LogP contribution in [-0.4, -0.2) is 12.4 Å². The summed E-state index contributed by atoms with van der Waals surface area (Å²) in [5, 5.41) is 0. The summed E-state index contributed by atoms with van der Waals surface area (Å²) in [6.07, 6.45) is 0. The number of hydrogen-bond donors (Lipinski definition) is 2. The molecule has 3 N–H and O–H groups in total. The lowest BCUT2D eigenvalue weighted by Crippen LogP contribution is -2.32. The summed E-state index contributed by atoms with van der Waals surface area (Å²) in [6, 6.07) is 4.94. The molecule has 0 unspecified atom stereocenters. The van der Waals surface area contributed by atoms with Crippen molar-refractivity contribution < 1.29 is 4.39 Å². The first-order valence-electron chi connectivity index (χ1n) is 4.46. The van der Waals surface area contributed by atoms with E-state index in [1.807, 2.05) is 19.9 Å². The van der Waals surface area contributed by atoms with E-state index in [9.17, 15) is 4.39 Å². The lowest BCUT2D eigenvalue weighted by Gasteiger charge is -2.06. The third-order valence-electron chi connectivity index (χ3n) is 1.83. The molecule has 0 aliphatic carbocycles. The Bertz CT molecular complexity index is 347. The summed E-state index contributed by atoms with van der Waals surface area (Å²) < 4.78 is 13.4. The van der Waals surface area contributed by atoms with E-state index in [2.05, 4.69) is 10.4 Å². The van der Waals surface area contributed by atoms with Crippen LogP contribution in [0.25, 0.3) is 0 Å². The lowest BCUT2D eigenvalue weighted by molar-refractivity contribution is 0.622. The SMILES string of the molecule is CCN=C(NN)c1ccc(C)cc1F. The number of nitrogens with zero attached hydrogens (tertiary/aromatic N) is 1. The summed E-state index contributed by atoms with van der Waals surface area (Å²) in [7, 11) is 0. The van der Waals surface area contributed by atoms with Crippen molar-refractivity contribution in [3.63, 3.8) is 0 Å². The molecule has 3 nitrogen and oxygen atoms in total. The molecular formula is C10H14FN3. The maximum absolute atomic E-state index is 13.4. The third-order valence-corrected chi connectivity index (χ3v) is 1.83. The number of hydrazine groups is 1. The number of halogens is 1. The molecule has 0 aromatic heterocycles. The summed E-state index contributed by atoms with van der Waals surface area (Å²) in [4.78, 5) is 4.04. The molecule has 1 aromatic carbocycles. The average molecular weight is 195 g/mol. The van der Waals surface area contributed by atoms with Gasteiger partial charge in [0, 0.05) is 6.54 Å². The first-order chi connectivity index (χ1) is 6.69. The zero-order valence-electron chi connectivity index (χ0n) is 8.34. The van der Waals surface area contributed by atoms with Gasteiger partial charge in [-0.2, -0.15) is 0 Å². The van der Waals surface area contributed by atoms with Crippen molar-refractivity contribution in [2.75, 3.05) is 6.54 Å². The molecule has 76 valence electrons. The molecule has 0 fully saturated rings. The van der Waals surface area contributed by atoms with Gasteiger partial charge in [0.25, 0.3) is 0 Å². The van der Waals surface area contributed by atoms with Gasteiger partial charge in [0.2, 0.25) is 0 Å². The normalized spacial score (nSPS) is 11.6. The highest BCUT2D eigenvalue weighted by molar-refractivity contribution is 5.98. The molecule has 14 heavy (non-hydrogen) atoms. The van der Waals surface area contributed by atoms with E-state index in [1.54, 1.807) is 6.07 Å². The molecule has 1 aromatic rings. The second-order valence-electron chi connectivity index (χ2n) is 2.95. The number of aryl methyl sites for hydroxylation is 1. The van der Waals surface area contributed by atoms with Crippen molar-refractivity contribution in [1.29, 1.82) is 0 Å². The molecule has 4 heteroatoms. The Morgan fingerprint density at radius 1 is 1.57 bits per heavy atom. The monoisotopic (exact) mass is 195 g/mol. The summed E-state index contributed by atoms with van der Waals surface area (Å²) in [5.41, 5.74) is 3.67. The molecule has 0 aliphatic rings. The molecule has 0 aliphatic heterocycles. The second kappa shape index (κ2) is 4.72. The van der Waals surface area contributed by atoms with E-state index < -0.39 is 0 Å². The number of hydrogen-bond acceptors (Lipinski definition) is 2. The summed E-state index contributed by atoms with van der Waals surface area (Å²) >= 11 is 0. The van der Waals surface area contributed by atoms with Gasteiger partial charge in [-0.25, -0.2) is 10.2 Å². The number of benzene rings is 1. The zero-order valence-corrected chi connectivity index (χ0v) is 8.34. The van der Waals surface area contributed by atoms with Crippen LogP contribution >= 0.6 is 0 Å². The predicted molar refractivity (Wildman–Crippen MR) is 55.5 cm³/mol. The molecule has 0 saturated heterocycles. The quantitative estimate of drug-likeness (QED) is 0.324. The van der Waals surface area contributed by atoms with E-state index in [-0.39, 0.29) is 5.82 Å².